The Bertz CT molecular complexity index is 1490. The number of aromatic amines is 1. The van der Waals surface area contributed by atoms with E-state index in [9.17, 15) is 0 Å². The summed E-state index contributed by atoms with van der Waals surface area (Å²) in [6.07, 6.45) is 5.48. The Morgan fingerprint density at radius 3 is 1.97 bits per heavy atom. The van der Waals surface area contributed by atoms with Gasteiger partial charge < -0.3 is 14.8 Å². The average Bonchev–Trinajstić information content (AvgIpc) is 3.24. The van der Waals surface area contributed by atoms with Gasteiger partial charge >= 0.3 is 0 Å². The fourth-order valence-electron chi connectivity index (χ4n) is 4.63. The second-order valence-corrected chi connectivity index (χ2v) is 9.04. The normalized spacial score (nSPS) is 14.5. The van der Waals surface area contributed by atoms with Crippen LogP contribution in [-0.2, 0) is 0 Å². The number of nitrogens with one attached hydrogen (secondary N) is 1. The highest BCUT2D eigenvalue weighted by Gasteiger charge is 2.14. The maximum Gasteiger partial charge on any atom is 0.139 e. The van der Waals surface area contributed by atoms with Crippen LogP contribution in [0.15, 0.2) is 78.9 Å². The Labute approximate surface area is 199 Å². The van der Waals surface area contributed by atoms with Gasteiger partial charge in [0.2, 0.25) is 0 Å². The van der Waals surface area contributed by atoms with Crippen molar-refractivity contribution in [3.63, 3.8) is 0 Å². The van der Waals surface area contributed by atoms with Gasteiger partial charge in [-0.15, -0.1) is 6.42 Å². The Hall–Kier alpha value is -4.07. The van der Waals surface area contributed by atoms with Gasteiger partial charge in [0.1, 0.15) is 11.3 Å². The van der Waals surface area contributed by atoms with Gasteiger partial charge in [0.15, 0.2) is 0 Å². The molecule has 0 atom stereocenters. The van der Waals surface area contributed by atoms with Crippen LogP contribution < -0.4 is 4.90 Å². The number of benzene rings is 3. The lowest BCUT2D eigenvalue weighted by Gasteiger charge is -2.34. The average molecular weight is 443 g/mol. The zero-order chi connectivity index (χ0) is 23.1. The Morgan fingerprint density at radius 2 is 1.35 bits per heavy atom. The van der Waals surface area contributed by atoms with Crippen LogP contribution in [0.5, 0.6) is 0 Å². The first kappa shape index (κ1) is 20.5. The summed E-state index contributed by atoms with van der Waals surface area (Å²) in [5, 5.41) is 2.27. The number of H-pyrrole nitrogens is 1. The van der Waals surface area contributed by atoms with Crippen molar-refractivity contribution in [1.82, 2.24) is 14.9 Å². The Kier molecular flexibility index (Phi) is 5.05. The maximum absolute atomic E-state index is 5.48. The number of nitrogens with zero attached hydrogens (tertiary/aromatic N) is 3. The van der Waals surface area contributed by atoms with Gasteiger partial charge in [-0.1, -0.05) is 48.4 Å². The molecule has 4 heteroatoms. The topological polar surface area (TPSA) is 35.2 Å². The number of anilines is 1. The first-order chi connectivity index (χ1) is 16.7. The van der Waals surface area contributed by atoms with E-state index in [1.165, 1.54) is 33.3 Å². The molecule has 0 saturated carbocycles. The molecule has 1 saturated heterocycles. The van der Waals surface area contributed by atoms with Crippen molar-refractivity contribution < 1.29 is 0 Å². The molecule has 1 N–H and O–H groups in total. The lowest BCUT2D eigenvalue weighted by Crippen LogP contribution is -2.44. The lowest BCUT2D eigenvalue weighted by atomic mass is 9.95. The van der Waals surface area contributed by atoms with Crippen LogP contribution in [0.4, 0.5) is 5.69 Å². The van der Waals surface area contributed by atoms with Crippen LogP contribution in [0.25, 0.3) is 44.2 Å². The van der Waals surface area contributed by atoms with E-state index in [-0.39, 0.29) is 0 Å². The molecule has 3 heterocycles. The summed E-state index contributed by atoms with van der Waals surface area (Å²) in [7, 11) is 2.18. The predicted octanol–water partition coefficient (Wildman–Crippen LogP) is 5.78. The molecule has 2 aromatic carbocycles. The van der Waals surface area contributed by atoms with Crippen LogP contribution in [0.1, 0.15) is 5.69 Å². The fraction of sp³-hybridized carbons (Fsp3) is 0.167. The van der Waals surface area contributed by atoms with Gasteiger partial charge in [-0.05, 0) is 65.7 Å². The third-order valence-corrected chi connectivity index (χ3v) is 6.89. The second kappa shape index (κ2) is 8.37. The number of pyridine rings is 1. The van der Waals surface area contributed by atoms with Gasteiger partial charge in [-0.2, -0.15) is 0 Å². The zero-order valence-corrected chi connectivity index (χ0v) is 19.3. The molecule has 7 rings (SSSR count). The summed E-state index contributed by atoms with van der Waals surface area (Å²) in [5.41, 5.74) is 9.16. The lowest BCUT2D eigenvalue weighted by molar-refractivity contribution is 0.313. The van der Waals surface area contributed by atoms with E-state index >= 15 is 0 Å². The third kappa shape index (κ3) is 3.71. The highest BCUT2D eigenvalue weighted by Crippen LogP contribution is 2.31. The monoisotopic (exact) mass is 442 g/mol. The first-order valence-corrected chi connectivity index (χ1v) is 11.7. The van der Waals surface area contributed by atoms with Crippen LogP contribution in [0.2, 0.25) is 0 Å². The van der Waals surface area contributed by atoms with E-state index in [2.05, 4.69) is 106 Å². The van der Waals surface area contributed by atoms with Gasteiger partial charge in [-0.25, -0.2) is 4.98 Å². The summed E-state index contributed by atoms with van der Waals surface area (Å²) in [6, 6.07) is 27.9. The van der Waals surface area contributed by atoms with Crippen molar-refractivity contribution in [2.24, 2.45) is 0 Å². The van der Waals surface area contributed by atoms with Crippen LogP contribution in [-0.4, -0.2) is 48.1 Å². The number of aromatic nitrogens is 2. The minimum absolute atomic E-state index is 0.652. The molecule has 0 unspecified atom stereocenters. The molecular formula is C30H26N4. The van der Waals surface area contributed by atoms with Gasteiger partial charge in [0.05, 0.1) is 0 Å². The maximum atomic E-state index is 5.48. The van der Waals surface area contributed by atoms with Crippen LogP contribution in [0, 0.1) is 12.3 Å². The molecule has 3 aliphatic rings. The largest absolute Gasteiger partial charge is 0.369 e. The minimum Gasteiger partial charge on any atom is -0.369 e. The van der Waals surface area contributed by atoms with E-state index < -0.39 is 0 Å². The van der Waals surface area contributed by atoms with Crippen molar-refractivity contribution in [2.45, 2.75) is 0 Å². The SMILES string of the molecule is C#Cc1ccc2c(n1)[nH]c1ccc(-c3ccc(N4CCN(C)CC4)cc3)cc12.c1cc2ccc1-2. The standard InChI is InChI=1S/C24H22N4.C6H4/c1-3-19-7-10-21-22-16-18(6-11-23(22)26-24(21)25-19)17-4-8-20(9-5-17)28-14-12-27(2)13-15-28;1-2-6-4-3-5(1)6/h1,4-11,16H,12-15H2,2H3,(H,25,26);1-4H. The summed E-state index contributed by atoms with van der Waals surface area (Å²) in [5.74, 6) is 2.60. The molecule has 166 valence electrons. The summed E-state index contributed by atoms with van der Waals surface area (Å²) >= 11 is 0. The van der Waals surface area contributed by atoms with Crippen molar-refractivity contribution in [3.8, 4) is 34.6 Å². The smallest absolute Gasteiger partial charge is 0.139 e. The van der Waals surface area contributed by atoms with Gasteiger partial charge in [-0.3, -0.25) is 0 Å². The number of hydrogen-bond acceptors (Lipinski definition) is 3. The van der Waals surface area contributed by atoms with Crippen molar-refractivity contribution in [2.75, 3.05) is 38.1 Å². The molecule has 0 radical (unpaired) electrons. The molecule has 2 aliphatic carbocycles. The number of hydrogen-bond donors (Lipinski definition) is 1. The molecule has 4 nitrogen and oxygen atoms in total. The van der Waals surface area contributed by atoms with Crippen molar-refractivity contribution in [1.29, 1.82) is 0 Å². The number of rotatable bonds is 2. The zero-order valence-electron chi connectivity index (χ0n) is 19.3. The quantitative estimate of drug-likeness (QED) is 0.345. The molecule has 0 bridgehead atoms. The van der Waals surface area contributed by atoms with E-state index in [4.69, 9.17) is 6.42 Å². The highest BCUT2D eigenvalue weighted by molar-refractivity contribution is 6.07. The minimum atomic E-state index is 0.652. The predicted molar refractivity (Wildman–Crippen MR) is 142 cm³/mol. The van der Waals surface area contributed by atoms with Crippen molar-refractivity contribution in [3.05, 3.63) is 84.6 Å². The van der Waals surface area contributed by atoms with E-state index in [1.807, 2.05) is 6.07 Å². The number of likely N-dealkylation sites (N-methyl/N-ethyl adjacent to an activating group) is 1. The molecule has 1 fully saturated rings. The van der Waals surface area contributed by atoms with E-state index in [1.54, 1.807) is 0 Å². The second-order valence-electron chi connectivity index (χ2n) is 9.04. The van der Waals surface area contributed by atoms with Crippen LogP contribution in [0.3, 0.4) is 0 Å². The molecule has 1 aliphatic heterocycles. The van der Waals surface area contributed by atoms with Crippen LogP contribution >= 0.6 is 0 Å². The summed E-state index contributed by atoms with van der Waals surface area (Å²) in [6.45, 7) is 4.41. The molecule has 34 heavy (non-hydrogen) atoms. The first-order valence-electron chi connectivity index (χ1n) is 11.7. The number of fused-ring (bicyclic) bond motifs is 4. The Morgan fingerprint density at radius 1 is 0.735 bits per heavy atom. The third-order valence-electron chi connectivity index (χ3n) is 6.89. The number of piperazine rings is 1. The fourth-order valence-corrected chi connectivity index (χ4v) is 4.63. The molecular weight excluding hydrogens is 416 g/mol. The Balaban J connectivity index is 0.000000311. The summed E-state index contributed by atoms with van der Waals surface area (Å²) in [4.78, 5) is 12.7. The summed E-state index contributed by atoms with van der Waals surface area (Å²) < 4.78 is 0. The number of terminal acetylenes is 1. The molecule has 4 aromatic rings. The van der Waals surface area contributed by atoms with E-state index in [0.717, 1.165) is 42.7 Å². The van der Waals surface area contributed by atoms with Crippen molar-refractivity contribution >= 4 is 27.6 Å². The molecule has 0 spiro atoms. The molecule has 2 aromatic heterocycles. The molecule has 0 amide bonds. The van der Waals surface area contributed by atoms with Gasteiger partial charge in [0, 0.05) is 48.2 Å². The van der Waals surface area contributed by atoms with E-state index in [0.29, 0.717) is 5.69 Å². The van der Waals surface area contributed by atoms with Gasteiger partial charge in [0.25, 0.3) is 0 Å². The highest BCUT2D eigenvalue weighted by atomic mass is 15.2.